The van der Waals surface area contributed by atoms with Crippen LogP contribution in [0.25, 0.3) is 0 Å². The molecule has 1 aromatic heterocycles. The highest BCUT2D eigenvalue weighted by molar-refractivity contribution is 5.82. The van der Waals surface area contributed by atoms with Crippen molar-refractivity contribution in [1.29, 1.82) is 0 Å². The lowest BCUT2D eigenvalue weighted by atomic mass is 9.92. The third kappa shape index (κ3) is 3.05. The quantitative estimate of drug-likeness (QED) is 0.667. The van der Waals surface area contributed by atoms with Gasteiger partial charge in [-0.3, -0.25) is 9.59 Å². The Morgan fingerprint density at radius 2 is 2.24 bits per heavy atom. The zero-order valence-electron chi connectivity index (χ0n) is 11.7. The van der Waals surface area contributed by atoms with Crippen molar-refractivity contribution in [1.82, 2.24) is 25.6 Å². The summed E-state index contributed by atoms with van der Waals surface area (Å²) in [5.74, 6) is -0.778. The smallest absolute Gasteiger partial charge is 0.325 e. The van der Waals surface area contributed by atoms with Crippen LogP contribution in [-0.4, -0.2) is 45.1 Å². The van der Waals surface area contributed by atoms with Gasteiger partial charge in [0.1, 0.15) is 12.2 Å². The molecule has 114 valence electrons. The number of rotatable bonds is 5. The molecule has 1 aromatic rings. The van der Waals surface area contributed by atoms with Gasteiger partial charge >= 0.3 is 5.97 Å². The third-order valence-electron chi connectivity index (χ3n) is 4.43. The predicted molar refractivity (Wildman–Crippen MR) is 72.1 cm³/mol. The molecule has 8 heteroatoms. The van der Waals surface area contributed by atoms with E-state index in [1.165, 1.54) is 4.68 Å². The van der Waals surface area contributed by atoms with Crippen LogP contribution < -0.4 is 10.6 Å². The summed E-state index contributed by atoms with van der Waals surface area (Å²) in [4.78, 5) is 22.7. The zero-order chi connectivity index (χ0) is 14.9. The summed E-state index contributed by atoms with van der Waals surface area (Å²) in [6.45, 7) is 2.06. The molecular formula is C13H19N5O3. The monoisotopic (exact) mass is 293 g/mol. The van der Waals surface area contributed by atoms with Gasteiger partial charge in [0.05, 0.1) is 12.7 Å². The molecule has 0 aromatic carbocycles. The first kappa shape index (κ1) is 14.0. The lowest BCUT2D eigenvalue weighted by Gasteiger charge is -2.23. The minimum Gasteiger partial charge on any atom is -0.480 e. The summed E-state index contributed by atoms with van der Waals surface area (Å²) in [7, 11) is 0. The Labute approximate surface area is 121 Å². The number of carbonyl (C=O) groups is 2. The van der Waals surface area contributed by atoms with Crippen molar-refractivity contribution >= 4 is 11.9 Å². The van der Waals surface area contributed by atoms with E-state index < -0.39 is 5.97 Å². The number of aromatic nitrogens is 3. The number of hydrogen-bond donors (Lipinski definition) is 3. The van der Waals surface area contributed by atoms with Gasteiger partial charge in [0.2, 0.25) is 5.91 Å². The van der Waals surface area contributed by atoms with Crippen molar-refractivity contribution in [2.45, 2.75) is 32.4 Å². The molecule has 1 aliphatic carbocycles. The molecular weight excluding hydrogens is 274 g/mol. The third-order valence-corrected chi connectivity index (χ3v) is 4.43. The maximum atomic E-state index is 12.2. The van der Waals surface area contributed by atoms with E-state index in [2.05, 4.69) is 20.9 Å². The van der Waals surface area contributed by atoms with Gasteiger partial charge in [-0.15, -0.1) is 5.10 Å². The average Bonchev–Trinajstić information content (AvgIpc) is 2.95. The summed E-state index contributed by atoms with van der Waals surface area (Å²) in [5, 5.41) is 22.4. The fourth-order valence-corrected chi connectivity index (χ4v) is 3.13. The predicted octanol–water partition coefficient (Wildman–Crippen LogP) is -0.631. The molecule has 0 bridgehead atoms. The Bertz CT molecular complexity index is 550. The molecule has 1 aliphatic heterocycles. The maximum absolute atomic E-state index is 12.2. The summed E-state index contributed by atoms with van der Waals surface area (Å²) < 4.78 is 1.25. The van der Waals surface area contributed by atoms with Crippen molar-refractivity contribution in [2.75, 3.05) is 13.1 Å². The second kappa shape index (κ2) is 5.44. The van der Waals surface area contributed by atoms with Gasteiger partial charge in [0.25, 0.3) is 0 Å². The minimum absolute atomic E-state index is 0.0738. The molecule has 0 radical (unpaired) electrons. The Morgan fingerprint density at radius 1 is 1.48 bits per heavy atom. The fourth-order valence-electron chi connectivity index (χ4n) is 3.13. The second-order valence-corrected chi connectivity index (χ2v) is 5.89. The molecule has 3 N–H and O–H groups in total. The van der Waals surface area contributed by atoms with Gasteiger partial charge in [-0.25, -0.2) is 4.68 Å². The minimum atomic E-state index is -0.971. The summed E-state index contributed by atoms with van der Waals surface area (Å²) in [6.07, 6.45) is 4.66. The van der Waals surface area contributed by atoms with Gasteiger partial charge in [-0.05, 0) is 37.8 Å². The number of carbonyl (C=O) groups excluding carboxylic acids is 1. The highest BCUT2D eigenvalue weighted by Gasteiger charge is 2.57. The molecule has 1 spiro atoms. The molecule has 1 unspecified atom stereocenters. The molecule has 2 aliphatic rings. The van der Waals surface area contributed by atoms with Crippen LogP contribution in [0.3, 0.4) is 0 Å². The Morgan fingerprint density at radius 3 is 2.95 bits per heavy atom. The molecule has 2 fully saturated rings. The number of carboxylic acid groups (broad SMARTS) is 1. The summed E-state index contributed by atoms with van der Waals surface area (Å²) in [5.41, 5.74) is 0.792. The molecule has 3 rings (SSSR count). The molecule has 1 saturated carbocycles. The van der Waals surface area contributed by atoms with Gasteiger partial charge < -0.3 is 15.7 Å². The lowest BCUT2D eigenvalue weighted by molar-refractivity contribution is -0.138. The highest BCUT2D eigenvalue weighted by atomic mass is 16.4. The first-order valence-electron chi connectivity index (χ1n) is 7.18. The molecule has 1 saturated heterocycles. The van der Waals surface area contributed by atoms with Gasteiger partial charge in [0, 0.05) is 5.92 Å². The van der Waals surface area contributed by atoms with Crippen molar-refractivity contribution in [2.24, 2.45) is 11.3 Å². The van der Waals surface area contributed by atoms with Crippen LogP contribution >= 0.6 is 0 Å². The first-order chi connectivity index (χ1) is 10.1. The van der Waals surface area contributed by atoms with Crippen LogP contribution in [0, 0.1) is 11.3 Å². The average molecular weight is 293 g/mol. The van der Waals surface area contributed by atoms with E-state index in [4.69, 9.17) is 5.11 Å². The fraction of sp³-hybridized carbons (Fsp3) is 0.692. The van der Waals surface area contributed by atoms with E-state index >= 15 is 0 Å². The van der Waals surface area contributed by atoms with E-state index in [-0.39, 0.29) is 23.8 Å². The molecule has 8 nitrogen and oxygen atoms in total. The molecule has 21 heavy (non-hydrogen) atoms. The lowest BCUT2D eigenvalue weighted by Crippen LogP contribution is -2.33. The van der Waals surface area contributed by atoms with Crippen molar-refractivity contribution in [3.05, 3.63) is 11.9 Å². The molecule has 1 atom stereocenters. The maximum Gasteiger partial charge on any atom is 0.325 e. The second-order valence-electron chi connectivity index (χ2n) is 5.89. The Hall–Kier alpha value is -1.96. The SMILES string of the molecule is O=C(O)Cn1cc(CNC(=O)C2CC23CCNCC3)nn1. The summed E-state index contributed by atoms with van der Waals surface area (Å²) >= 11 is 0. The first-order valence-corrected chi connectivity index (χ1v) is 7.18. The largest absolute Gasteiger partial charge is 0.480 e. The number of piperidine rings is 1. The number of carboxylic acids is 1. The van der Waals surface area contributed by atoms with E-state index in [0.29, 0.717) is 12.2 Å². The topological polar surface area (TPSA) is 109 Å². The number of hydrogen-bond acceptors (Lipinski definition) is 5. The number of nitrogens with zero attached hydrogens (tertiary/aromatic N) is 3. The number of nitrogens with one attached hydrogen (secondary N) is 2. The number of aliphatic carboxylic acids is 1. The van der Waals surface area contributed by atoms with Crippen molar-refractivity contribution < 1.29 is 14.7 Å². The standard InChI is InChI=1S/C13H19N5O3/c19-11(20)8-18-7-9(16-17-18)6-15-12(21)10-5-13(10)1-3-14-4-2-13/h7,10,14H,1-6,8H2,(H,15,21)(H,19,20). The molecule has 1 amide bonds. The van der Waals surface area contributed by atoms with Crippen molar-refractivity contribution in [3.8, 4) is 0 Å². The van der Waals surface area contributed by atoms with Crippen LogP contribution in [0.15, 0.2) is 6.20 Å². The van der Waals surface area contributed by atoms with Crippen LogP contribution in [0.2, 0.25) is 0 Å². The van der Waals surface area contributed by atoms with Crippen LogP contribution in [0.4, 0.5) is 0 Å². The number of amides is 1. The van der Waals surface area contributed by atoms with Crippen LogP contribution in [-0.2, 0) is 22.7 Å². The van der Waals surface area contributed by atoms with E-state index in [0.717, 1.165) is 32.4 Å². The van der Waals surface area contributed by atoms with Gasteiger partial charge in [-0.2, -0.15) is 0 Å². The van der Waals surface area contributed by atoms with Crippen LogP contribution in [0.5, 0.6) is 0 Å². The zero-order valence-corrected chi connectivity index (χ0v) is 11.7. The Balaban J connectivity index is 1.48. The summed E-state index contributed by atoms with van der Waals surface area (Å²) in [6, 6.07) is 0. The van der Waals surface area contributed by atoms with E-state index in [1.807, 2.05) is 0 Å². The molecule has 2 heterocycles. The van der Waals surface area contributed by atoms with Gasteiger partial charge in [-0.1, -0.05) is 5.21 Å². The van der Waals surface area contributed by atoms with E-state index in [9.17, 15) is 9.59 Å². The van der Waals surface area contributed by atoms with Crippen LogP contribution in [0.1, 0.15) is 25.0 Å². The highest BCUT2D eigenvalue weighted by Crippen LogP contribution is 2.58. The normalized spacial score (nSPS) is 23.0. The van der Waals surface area contributed by atoms with Gasteiger partial charge in [0.15, 0.2) is 0 Å². The van der Waals surface area contributed by atoms with E-state index in [1.54, 1.807) is 6.20 Å². The Kier molecular flexibility index (Phi) is 3.62. The van der Waals surface area contributed by atoms with Crippen molar-refractivity contribution in [3.63, 3.8) is 0 Å².